The molecule has 0 saturated carbocycles. The molecule has 4 nitrogen and oxygen atoms in total. The first-order valence-corrected chi connectivity index (χ1v) is 17.3. The number of ether oxygens (including phenoxy) is 4. The van der Waals surface area contributed by atoms with E-state index in [9.17, 15) is 0 Å². The summed E-state index contributed by atoms with van der Waals surface area (Å²) in [5, 5.41) is 4.40. The zero-order chi connectivity index (χ0) is 22.8. The molecule has 0 spiro atoms. The second-order valence-electron chi connectivity index (χ2n) is 6.22. The van der Waals surface area contributed by atoms with Crippen LogP contribution in [0.2, 0.25) is 0 Å². The van der Waals surface area contributed by atoms with Crippen molar-refractivity contribution in [1.82, 2.24) is 0 Å². The molecule has 0 aromatic heterocycles. The van der Waals surface area contributed by atoms with Crippen molar-refractivity contribution >= 4 is 42.3 Å². The van der Waals surface area contributed by atoms with Crippen LogP contribution in [0.5, 0.6) is 23.0 Å². The van der Waals surface area contributed by atoms with E-state index in [2.05, 4.69) is 0 Å². The zero-order valence-corrected chi connectivity index (χ0v) is 22.2. The van der Waals surface area contributed by atoms with Gasteiger partial charge in [-0.3, -0.25) is 0 Å². The summed E-state index contributed by atoms with van der Waals surface area (Å²) in [6.45, 7) is 1.90. The van der Waals surface area contributed by atoms with Gasteiger partial charge in [0.1, 0.15) is 0 Å². The van der Waals surface area contributed by atoms with E-state index in [-0.39, 0.29) is 0 Å². The van der Waals surface area contributed by atoms with E-state index in [1.807, 2.05) is 71.3 Å². The molecule has 4 rings (SSSR count). The number of hydrogen-bond acceptors (Lipinski definition) is 4. The summed E-state index contributed by atoms with van der Waals surface area (Å²) in [6.07, 6.45) is 0. The SMILES string of the molecule is COc1ccc(OC)c2[cH-]ccc12.COc1ccc(OC)c2[cH-]ccc12.C[CH]=[Zr]([Cl])[Cl]. The molecule has 0 unspecified atom stereocenters. The van der Waals surface area contributed by atoms with E-state index < -0.39 is 18.9 Å². The van der Waals surface area contributed by atoms with Gasteiger partial charge in [-0.15, -0.1) is 22.9 Å². The Labute approximate surface area is 198 Å². The van der Waals surface area contributed by atoms with Crippen LogP contribution >= 0.6 is 17.0 Å². The number of halogens is 2. The summed E-state index contributed by atoms with van der Waals surface area (Å²) in [5.74, 6) is 3.56. The number of hydrogen-bond donors (Lipinski definition) is 0. The number of rotatable bonds is 4. The van der Waals surface area contributed by atoms with E-state index in [1.165, 1.54) is 0 Å². The van der Waals surface area contributed by atoms with E-state index in [0.29, 0.717) is 0 Å². The molecule has 0 atom stereocenters. The average molecular weight is 541 g/mol. The fourth-order valence-corrected chi connectivity index (χ4v) is 3.07. The molecular formula is C24H26Cl2O4Zr-2. The molecule has 4 aromatic carbocycles. The first kappa shape index (κ1) is 25.5. The van der Waals surface area contributed by atoms with Crippen molar-refractivity contribution in [2.75, 3.05) is 28.4 Å². The maximum absolute atomic E-state index is 5.37. The van der Waals surface area contributed by atoms with Gasteiger partial charge in [0.25, 0.3) is 0 Å². The van der Waals surface area contributed by atoms with Crippen molar-refractivity contribution in [3.63, 3.8) is 0 Å². The molecule has 0 fully saturated rings. The van der Waals surface area contributed by atoms with Crippen LogP contribution in [-0.4, -0.2) is 32.1 Å². The van der Waals surface area contributed by atoms with Crippen LogP contribution < -0.4 is 18.9 Å². The summed E-state index contributed by atoms with van der Waals surface area (Å²) >= 11 is -1.76. The van der Waals surface area contributed by atoms with Crippen LogP contribution in [0.25, 0.3) is 21.5 Å². The predicted molar refractivity (Wildman–Crippen MR) is 129 cm³/mol. The van der Waals surface area contributed by atoms with Crippen LogP contribution in [0.15, 0.2) is 60.7 Å². The van der Waals surface area contributed by atoms with Gasteiger partial charge in [-0.25, -0.2) is 0 Å². The standard InChI is InChI=1S/2C11H11O2.C2H4.2ClH.Zr/c2*1-12-10-6-7-11(13-2)9-5-3-4-8(9)10;1-2;;;/h2*3-7H,1-2H3;1H,2H3;2*1H;/q2*-1;;;;+2/p-2. The summed E-state index contributed by atoms with van der Waals surface area (Å²) < 4.78 is 22.8. The molecule has 0 heterocycles. The van der Waals surface area contributed by atoms with Crippen LogP contribution in [0.4, 0.5) is 0 Å². The Morgan fingerprint density at radius 2 is 0.968 bits per heavy atom. The molecular weight excluding hydrogens is 514 g/mol. The maximum atomic E-state index is 5.37. The van der Waals surface area contributed by atoms with E-state index in [4.69, 9.17) is 36.0 Å². The second-order valence-corrected chi connectivity index (χ2v) is 15.0. The molecule has 166 valence electrons. The molecule has 31 heavy (non-hydrogen) atoms. The number of benzene rings is 2. The van der Waals surface area contributed by atoms with Crippen molar-refractivity contribution in [3.05, 3.63) is 60.7 Å². The van der Waals surface area contributed by atoms with Gasteiger partial charge in [-0.05, 0) is 12.1 Å². The molecule has 0 bridgehead atoms. The topological polar surface area (TPSA) is 36.9 Å². The summed E-state index contributed by atoms with van der Waals surface area (Å²) in [4.78, 5) is 0. The fraction of sp³-hybridized carbons (Fsp3) is 0.208. The van der Waals surface area contributed by atoms with Crippen LogP contribution in [-0.2, 0) is 18.9 Å². The zero-order valence-electron chi connectivity index (χ0n) is 18.2. The molecule has 0 amide bonds. The monoisotopic (exact) mass is 538 g/mol. The molecule has 0 aliphatic carbocycles. The molecule has 0 saturated heterocycles. The average Bonchev–Trinajstić information content (AvgIpc) is 3.48. The van der Waals surface area contributed by atoms with Crippen LogP contribution in [0.3, 0.4) is 0 Å². The molecule has 0 radical (unpaired) electrons. The molecule has 0 aliphatic heterocycles. The quantitative estimate of drug-likeness (QED) is 0.264. The molecule has 4 aromatic rings. The van der Waals surface area contributed by atoms with Gasteiger partial charge < -0.3 is 18.9 Å². The first-order chi connectivity index (χ1) is 15.0. The van der Waals surface area contributed by atoms with Gasteiger partial charge in [0, 0.05) is 11.5 Å². The van der Waals surface area contributed by atoms with E-state index in [1.54, 1.807) is 28.4 Å². The first-order valence-electron chi connectivity index (χ1n) is 9.50. The van der Waals surface area contributed by atoms with Crippen molar-refractivity contribution in [1.29, 1.82) is 0 Å². The Balaban J connectivity index is 0.000000182. The van der Waals surface area contributed by atoms with Gasteiger partial charge in [0.2, 0.25) is 0 Å². The molecule has 0 aliphatic rings. The Morgan fingerprint density at radius 1 is 0.645 bits per heavy atom. The van der Waals surface area contributed by atoms with Gasteiger partial charge in [0.15, 0.2) is 0 Å². The predicted octanol–water partition coefficient (Wildman–Crippen LogP) is 6.89. The molecule has 7 heteroatoms. The van der Waals surface area contributed by atoms with Crippen molar-refractivity contribution < 1.29 is 37.8 Å². The fourth-order valence-electron chi connectivity index (χ4n) is 3.07. The van der Waals surface area contributed by atoms with Crippen molar-refractivity contribution in [2.24, 2.45) is 0 Å². The van der Waals surface area contributed by atoms with Crippen LogP contribution in [0, 0.1) is 0 Å². The third-order valence-corrected chi connectivity index (χ3v) is 8.22. The minimum absolute atomic E-state index is 0.890. The van der Waals surface area contributed by atoms with Crippen LogP contribution in [0.1, 0.15) is 6.92 Å². The Morgan fingerprint density at radius 3 is 1.26 bits per heavy atom. The Bertz CT molecular complexity index is 969. The van der Waals surface area contributed by atoms with E-state index >= 15 is 0 Å². The Kier molecular flexibility index (Phi) is 10.6. The van der Waals surface area contributed by atoms with Gasteiger partial charge in [-0.2, -0.15) is 24.3 Å². The summed E-state index contributed by atoms with van der Waals surface area (Å²) in [6, 6.07) is 19.8. The normalized spacial score (nSPS) is 9.77. The summed E-state index contributed by atoms with van der Waals surface area (Å²) in [5.41, 5.74) is 0. The third-order valence-electron chi connectivity index (χ3n) is 4.56. The molecule has 0 N–H and O–H groups in total. The minimum atomic E-state index is -1.76. The number of fused-ring (bicyclic) bond motifs is 2. The third kappa shape index (κ3) is 6.59. The summed E-state index contributed by atoms with van der Waals surface area (Å²) in [7, 11) is 17.4. The van der Waals surface area contributed by atoms with E-state index in [0.717, 1.165) is 44.5 Å². The van der Waals surface area contributed by atoms with Gasteiger partial charge in [-0.1, -0.05) is 22.9 Å². The van der Waals surface area contributed by atoms with Gasteiger partial charge in [0.05, 0.1) is 39.9 Å². The second kappa shape index (κ2) is 12.9. The van der Waals surface area contributed by atoms with Gasteiger partial charge >= 0.3 is 46.5 Å². The number of methoxy groups -OCH3 is 4. The Hall–Kier alpha value is -1.81. The van der Waals surface area contributed by atoms with Crippen molar-refractivity contribution in [2.45, 2.75) is 6.92 Å². The van der Waals surface area contributed by atoms with Crippen molar-refractivity contribution in [3.8, 4) is 23.0 Å².